The normalized spacial score (nSPS) is 11.2. The number of nitrogens with zero attached hydrogens (tertiary/aromatic N) is 3. The summed E-state index contributed by atoms with van der Waals surface area (Å²) in [5.74, 6) is -0.198. The zero-order chi connectivity index (χ0) is 22.1. The Kier molecular flexibility index (Phi) is 5.03. The summed E-state index contributed by atoms with van der Waals surface area (Å²) < 4.78 is 3.36. The Labute approximate surface area is 184 Å². The molecular weight excluding hydrogens is 400 g/mol. The highest BCUT2D eigenvalue weighted by Crippen LogP contribution is 2.25. The molecule has 0 radical (unpaired) electrons. The van der Waals surface area contributed by atoms with Crippen LogP contribution in [0.5, 0.6) is 0 Å². The molecule has 0 aliphatic rings. The Balaban J connectivity index is 1.59. The van der Waals surface area contributed by atoms with Crippen LogP contribution in [0.25, 0.3) is 21.9 Å². The molecule has 0 saturated carbocycles. The number of benzene rings is 3. The van der Waals surface area contributed by atoms with Gasteiger partial charge in [-0.05, 0) is 36.2 Å². The maximum Gasteiger partial charge on any atom is 0.278 e. The third-order valence-electron chi connectivity index (χ3n) is 5.53. The van der Waals surface area contributed by atoms with Gasteiger partial charge in [0, 0.05) is 11.1 Å². The second-order valence-electron chi connectivity index (χ2n) is 7.88. The number of fused-ring (bicyclic) bond motifs is 3. The Hall–Kier alpha value is -4.19. The summed E-state index contributed by atoms with van der Waals surface area (Å²) in [6.45, 7) is 2.41. The van der Waals surface area contributed by atoms with E-state index in [2.05, 4.69) is 10.3 Å². The monoisotopic (exact) mass is 422 g/mol. The molecule has 0 spiro atoms. The molecule has 5 rings (SSSR count). The standard InChI is InChI=1S/C26H22N4O2/c1-18-8-7-11-20(14-18)28-23(31)16-30-22-13-6-5-12-21(22)24-25(30)26(32)29(17-27-24)15-19-9-3-2-4-10-19/h2-14,17H,15-16H2,1H3,(H,28,31). The molecule has 0 saturated heterocycles. The van der Waals surface area contributed by atoms with Crippen LogP contribution in [-0.2, 0) is 17.9 Å². The van der Waals surface area contributed by atoms with Gasteiger partial charge in [0.2, 0.25) is 5.91 Å². The van der Waals surface area contributed by atoms with Gasteiger partial charge in [-0.15, -0.1) is 0 Å². The van der Waals surface area contributed by atoms with Crippen LogP contribution < -0.4 is 10.9 Å². The first-order valence-electron chi connectivity index (χ1n) is 10.5. The van der Waals surface area contributed by atoms with E-state index in [1.807, 2.05) is 85.8 Å². The zero-order valence-electron chi connectivity index (χ0n) is 17.7. The molecule has 0 atom stereocenters. The highest BCUT2D eigenvalue weighted by molar-refractivity contribution is 6.06. The van der Waals surface area contributed by atoms with Crippen LogP contribution in [0.3, 0.4) is 0 Å². The molecule has 6 nitrogen and oxygen atoms in total. The number of nitrogens with one attached hydrogen (secondary N) is 1. The number of para-hydroxylation sites is 1. The van der Waals surface area contributed by atoms with Crippen LogP contribution >= 0.6 is 0 Å². The average molecular weight is 422 g/mol. The summed E-state index contributed by atoms with van der Waals surface area (Å²) in [4.78, 5) is 31.0. The van der Waals surface area contributed by atoms with Crippen LogP contribution in [0.15, 0.2) is 90.0 Å². The second kappa shape index (κ2) is 8.15. The van der Waals surface area contributed by atoms with Crippen LogP contribution in [0, 0.1) is 6.92 Å². The molecule has 6 heteroatoms. The minimum atomic E-state index is -0.198. The van der Waals surface area contributed by atoms with Crippen molar-refractivity contribution in [2.24, 2.45) is 0 Å². The largest absolute Gasteiger partial charge is 0.325 e. The molecule has 0 aliphatic carbocycles. The van der Waals surface area contributed by atoms with Gasteiger partial charge in [-0.1, -0.05) is 60.7 Å². The summed E-state index contributed by atoms with van der Waals surface area (Å²) in [6.07, 6.45) is 1.58. The van der Waals surface area contributed by atoms with E-state index in [1.165, 1.54) is 0 Å². The first kappa shape index (κ1) is 19.8. The first-order valence-corrected chi connectivity index (χ1v) is 10.5. The molecule has 158 valence electrons. The van der Waals surface area contributed by atoms with E-state index >= 15 is 0 Å². The number of anilines is 1. The lowest BCUT2D eigenvalue weighted by Gasteiger charge is -2.10. The predicted octanol–water partition coefficient (Wildman–Crippen LogP) is 4.35. The van der Waals surface area contributed by atoms with Crippen molar-refractivity contribution < 1.29 is 4.79 Å². The third-order valence-corrected chi connectivity index (χ3v) is 5.53. The van der Waals surface area contributed by atoms with Crippen molar-refractivity contribution in [1.82, 2.24) is 14.1 Å². The van der Waals surface area contributed by atoms with Crippen LogP contribution in [0.2, 0.25) is 0 Å². The van der Waals surface area contributed by atoms with Crippen molar-refractivity contribution in [3.63, 3.8) is 0 Å². The van der Waals surface area contributed by atoms with Crippen LogP contribution in [-0.4, -0.2) is 20.0 Å². The molecule has 2 heterocycles. The van der Waals surface area contributed by atoms with Crippen molar-refractivity contribution >= 4 is 33.5 Å². The Bertz CT molecular complexity index is 1500. The van der Waals surface area contributed by atoms with E-state index in [0.717, 1.165) is 27.7 Å². The summed E-state index contributed by atoms with van der Waals surface area (Å²) in [6, 6.07) is 25.1. The van der Waals surface area contributed by atoms with Gasteiger partial charge < -0.3 is 9.88 Å². The van der Waals surface area contributed by atoms with Gasteiger partial charge in [-0.25, -0.2) is 4.98 Å². The SMILES string of the molecule is Cc1cccc(NC(=O)Cn2c3ccccc3c3ncn(Cc4ccccc4)c(=O)c32)c1. The zero-order valence-corrected chi connectivity index (χ0v) is 17.7. The predicted molar refractivity (Wildman–Crippen MR) is 127 cm³/mol. The fourth-order valence-corrected chi connectivity index (χ4v) is 4.07. The molecular formula is C26H22N4O2. The Morgan fingerprint density at radius 3 is 2.56 bits per heavy atom. The molecule has 3 aromatic carbocycles. The average Bonchev–Trinajstić information content (AvgIpc) is 3.10. The van der Waals surface area contributed by atoms with Gasteiger partial charge in [-0.2, -0.15) is 0 Å². The van der Waals surface area contributed by atoms with E-state index < -0.39 is 0 Å². The van der Waals surface area contributed by atoms with Crippen molar-refractivity contribution in [2.75, 3.05) is 5.32 Å². The number of hydrogen-bond acceptors (Lipinski definition) is 3. The van der Waals surface area contributed by atoms with Gasteiger partial charge >= 0.3 is 0 Å². The number of aryl methyl sites for hydroxylation is 1. The fourth-order valence-electron chi connectivity index (χ4n) is 4.07. The van der Waals surface area contributed by atoms with Gasteiger partial charge in [0.15, 0.2) is 0 Å². The highest BCUT2D eigenvalue weighted by Gasteiger charge is 2.18. The maximum absolute atomic E-state index is 13.5. The third kappa shape index (κ3) is 3.67. The van der Waals surface area contributed by atoms with E-state index in [9.17, 15) is 9.59 Å². The van der Waals surface area contributed by atoms with E-state index in [0.29, 0.717) is 17.6 Å². The Morgan fingerprint density at radius 2 is 1.75 bits per heavy atom. The van der Waals surface area contributed by atoms with Crippen molar-refractivity contribution in [1.29, 1.82) is 0 Å². The summed E-state index contributed by atoms with van der Waals surface area (Å²) >= 11 is 0. The van der Waals surface area contributed by atoms with Gasteiger partial charge in [0.05, 0.1) is 18.4 Å². The molecule has 0 unspecified atom stereocenters. The fraction of sp³-hybridized carbons (Fsp3) is 0.115. The lowest BCUT2D eigenvalue weighted by molar-refractivity contribution is -0.116. The minimum absolute atomic E-state index is 0.0181. The molecule has 32 heavy (non-hydrogen) atoms. The quantitative estimate of drug-likeness (QED) is 0.458. The highest BCUT2D eigenvalue weighted by atomic mass is 16.2. The lowest BCUT2D eigenvalue weighted by atomic mass is 10.2. The number of amides is 1. The topological polar surface area (TPSA) is 68.9 Å². The smallest absolute Gasteiger partial charge is 0.278 e. The van der Waals surface area contributed by atoms with Gasteiger partial charge in [-0.3, -0.25) is 14.2 Å². The molecule has 0 bridgehead atoms. The molecule has 1 amide bonds. The number of rotatable bonds is 5. The molecule has 2 aromatic heterocycles. The number of aromatic nitrogens is 3. The maximum atomic E-state index is 13.5. The molecule has 0 aliphatic heterocycles. The first-order chi connectivity index (χ1) is 15.6. The Morgan fingerprint density at radius 1 is 0.969 bits per heavy atom. The van der Waals surface area contributed by atoms with Crippen molar-refractivity contribution in [2.45, 2.75) is 20.0 Å². The van der Waals surface area contributed by atoms with E-state index in [4.69, 9.17) is 0 Å². The van der Waals surface area contributed by atoms with Crippen molar-refractivity contribution in [3.05, 3.63) is 107 Å². The van der Waals surface area contributed by atoms with E-state index in [1.54, 1.807) is 15.5 Å². The molecule has 5 aromatic rings. The second-order valence-corrected chi connectivity index (χ2v) is 7.88. The van der Waals surface area contributed by atoms with Gasteiger partial charge in [0.25, 0.3) is 5.56 Å². The molecule has 0 fully saturated rings. The number of carbonyl (C=O) groups excluding carboxylic acids is 1. The summed E-state index contributed by atoms with van der Waals surface area (Å²) in [5.41, 5.74) is 4.49. The van der Waals surface area contributed by atoms with Crippen LogP contribution in [0.1, 0.15) is 11.1 Å². The van der Waals surface area contributed by atoms with Gasteiger partial charge in [0.1, 0.15) is 17.6 Å². The summed E-state index contributed by atoms with van der Waals surface area (Å²) in [7, 11) is 0. The lowest BCUT2D eigenvalue weighted by Crippen LogP contribution is -2.25. The van der Waals surface area contributed by atoms with Crippen molar-refractivity contribution in [3.8, 4) is 0 Å². The minimum Gasteiger partial charge on any atom is -0.325 e. The van der Waals surface area contributed by atoms with E-state index in [-0.39, 0.29) is 18.0 Å². The summed E-state index contributed by atoms with van der Waals surface area (Å²) in [5, 5.41) is 3.79. The number of hydrogen-bond donors (Lipinski definition) is 1. The number of carbonyl (C=O) groups is 1. The van der Waals surface area contributed by atoms with Crippen LogP contribution in [0.4, 0.5) is 5.69 Å². The molecule has 1 N–H and O–H groups in total.